The molecular formula is C25H24F2N6O. The third-order valence-corrected chi connectivity index (χ3v) is 6.23. The molecule has 0 atom stereocenters. The van der Waals surface area contributed by atoms with Crippen molar-refractivity contribution in [3.05, 3.63) is 71.8 Å². The fourth-order valence-corrected chi connectivity index (χ4v) is 4.25. The molecule has 1 aliphatic heterocycles. The van der Waals surface area contributed by atoms with Gasteiger partial charge in [-0.2, -0.15) is 5.10 Å². The first kappa shape index (κ1) is 22.1. The normalized spacial score (nSPS) is 15.0. The van der Waals surface area contributed by atoms with Gasteiger partial charge in [0.2, 0.25) is 0 Å². The van der Waals surface area contributed by atoms with E-state index in [0.29, 0.717) is 17.0 Å². The Balaban J connectivity index is 1.39. The molecule has 3 aromatic heterocycles. The maximum absolute atomic E-state index is 13.9. The Bertz CT molecular complexity index is 1350. The summed E-state index contributed by atoms with van der Waals surface area (Å²) in [5.41, 5.74) is 3.70. The topological polar surface area (TPSA) is 86.8 Å². The number of carbonyl (C=O) groups is 1. The van der Waals surface area contributed by atoms with E-state index in [4.69, 9.17) is 0 Å². The lowest BCUT2D eigenvalue weighted by atomic mass is 9.98. The number of nitrogens with one attached hydrogen (secondary N) is 2. The van der Waals surface area contributed by atoms with Crippen molar-refractivity contribution >= 4 is 22.6 Å². The Morgan fingerprint density at radius 1 is 1.12 bits per heavy atom. The number of pyridine rings is 2. The number of amides is 1. The van der Waals surface area contributed by atoms with Gasteiger partial charge in [-0.05, 0) is 61.2 Å². The molecule has 1 aromatic carbocycles. The lowest BCUT2D eigenvalue weighted by Crippen LogP contribution is -2.32. The number of nitrogens with zero attached hydrogens (tertiary/aromatic N) is 4. The molecule has 9 heteroatoms. The van der Waals surface area contributed by atoms with Crippen molar-refractivity contribution in [2.24, 2.45) is 5.92 Å². The molecule has 2 N–H and O–H groups in total. The van der Waals surface area contributed by atoms with Gasteiger partial charge in [-0.15, -0.1) is 0 Å². The van der Waals surface area contributed by atoms with E-state index in [0.717, 1.165) is 48.4 Å². The van der Waals surface area contributed by atoms with Gasteiger partial charge in [0.1, 0.15) is 5.82 Å². The second kappa shape index (κ2) is 9.26. The monoisotopic (exact) mass is 462 g/mol. The van der Waals surface area contributed by atoms with Gasteiger partial charge in [-0.25, -0.2) is 13.8 Å². The average molecular weight is 463 g/mol. The fraction of sp³-hybridized carbons (Fsp3) is 0.280. The Morgan fingerprint density at radius 3 is 2.74 bits per heavy atom. The summed E-state index contributed by atoms with van der Waals surface area (Å²) in [5.74, 6) is -2.00. The Labute approximate surface area is 195 Å². The summed E-state index contributed by atoms with van der Waals surface area (Å²) in [6, 6.07) is 8.40. The molecule has 0 radical (unpaired) electrons. The molecule has 0 spiro atoms. The largest absolute Gasteiger partial charge is 0.303 e. The van der Waals surface area contributed by atoms with Crippen molar-refractivity contribution in [2.45, 2.75) is 26.3 Å². The predicted octanol–water partition coefficient (Wildman–Crippen LogP) is 4.78. The van der Waals surface area contributed by atoms with Gasteiger partial charge in [0.25, 0.3) is 5.91 Å². The molecule has 1 fully saturated rings. The van der Waals surface area contributed by atoms with Crippen LogP contribution in [0, 0.1) is 17.6 Å². The van der Waals surface area contributed by atoms with Crippen LogP contribution in [-0.4, -0.2) is 44.1 Å². The first-order valence-electron chi connectivity index (χ1n) is 11.2. The number of aromatic nitrogens is 4. The van der Waals surface area contributed by atoms with Gasteiger partial charge >= 0.3 is 0 Å². The molecule has 5 rings (SSSR count). The van der Waals surface area contributed by atoms with Crippen molar-refractivity contribution in [2.75, 3.05) is 18.4 Å². The molecule has 34 heavy (non-hydrogen) atoms. The first-order chi connectivity index (χ1) is 16.5. The van der Waals surface area contributed by atoms with Crippen LogP contribution in [0.25, 0.3) is 22.0 Å². The number of anilines is 1. The average Bonchev–Trinajstić information content (AvgIpc) is 3.26. The molecule has 0 unspecified atom stereocenters. The highest BCUT2D eigenvalue weighted by molar-refractivity contribution is 6.11. The number of fused-ring (bicyclic) bond motifs is 1. The van der Waals surface area contributed by atoms with Gasteiger partial charge in [0, 0.05) is 36.0 Å². The van der Waals surface area contributed by atoms with Crippen LogP contribution in [0.5, 0.6) is 0 Å². The van der Waals surface area contributed by atoms with E-state index in [2.05, 4.69) is 43.4 Å². The summed E-state index contributed by atoms with van der Waals surface area (Å²) >= 11 is 0. The number of hydrogen-bond donors (Lipinski definition) is 2. The number of aromatic amines is 1. The minimum atomic E-state index is -0.958. The third-order valence-electron chi connectivity index (χ3n) is 6.23. The number of H-pyrrole nitrogens is 1. The summed E-state index contributed by atoms with van der Waals surface area (Å²) in [7, 11) is 0. The number of hydrogen-bond acceptors (Lipinski definition) is 5. The van der Waals surface area contributed by atoms with E-state index in [1.807, 2.05) is 24.4 Å². The number of likely N-dealkylation sites (tertiary alicyclic amines) is 1. The highest BCUT2D eigenvalue weighted by Gasteiger charge is 2.19. The second-order valence-electron chi connectivity index (χ2n) is 8.81. The molecule has 0 saturated carbocycles. The summed E-state index contributed by atoms with van der Waals surface area (Å²) in [6.07, 6.45) is 6.95. The smallest absolute Gasteiger partial charge is 0.278 e. The van der Waals surface area contributed by atoms with Crippen LogP contribution in [0.2, 0.25) is 0 Å². The zero-order chi connectivity index (χ0) is 23.7. The predicted molar refractivity (Wildman–Crippen MR) is 125 cm³/mol. The molecule has 174 valence electrons. The standard InChI is InChI=1S/C25H24F2N6O/c1-15-4-6-33(7-5-15)14-16-8-18(12-28-11-16)17-2-3-22-20(9-17)23(32-31-22)25(34)30-24-21(27)10-19(26)13-29-24/h2-3,8-13,15H,4-7,14H2,1H3,(H,31,32)(H,29,30,34). The van der Waals surface area contributed by atoms with Crippen LogP contribution >= 0.6 is 0 Å². The van der Waals surface area contributed by atoms with Crippen molar-refractivity contribution in [1.82, 2.24) is 25.1 Å². The summed E-state index contributed by atoms with van der Waals surface area (Å²) in [5, 5.41) is 9.84. The second-order valence-corrected chi connectivity index (χ2v) is 8.81. The lowest BCUT2D eigenvalue weighted by Gasteiger charge is -2.30. The molecule has 1 aliphatic rings. The quantitative estimate of drug-likeness (QED) is 0.446. The first-order valence-corrected chi connectivity index (χ1v) is 11.2. The minimum absolute atomic E-state index is 0.0916. The van der Waals surface area contributed by atoms with Crippen molar-refractivity contribution in [1.29, 1.82) is 0 Å². The Kier molecular flexibility index (Phi) is 6.02. The van der Waals surface area contributed by atoms with E-state index in [9.17, 15) is 13.6 Å². The zero-order valence-electron chi connectivity index (χ0n) is 18.7. The Hall–Kier alpha value is -3.72. The van der Waals surface area contributed by atoms with Crippen molar-refractivity contribution in [3.63, 3.8) is 0 Å². The van der Waals surface area contributed by atoms with Gasteiger partial charge < -0.3 is 5.32 Å². The summed E-state index contributed by atoms with van der Waals surface area (Å²) in [6.45, 7) is 5.33. The van der Waals surface area contributed by atoms with Crippen LogP contribution in [0.1, 0.15) is 35.8 Å². The number of carbonyl (C=O) groups excluding carboxylic acids is 1. The fourth-order valence-electron chi connectivity index (χ4n) is 4.25. The molecule has 1 saturated heterocycles. The lowest BCUT2D eigenvalue weighted by molar-refractivity contribution is 0.102. The minimum Gasteiger partial charge on any atom is -0.303 e. The maximum atomic E-state index is 13.9. The number of benzene rings is 1. The number of piperidine rings is 1. The SMILES string of the molecule is CC1CCN(Cc2cncc(-c3ccc4[nH]nc(C(=O)Nc5ncc(F)cc5F)c4c3)c2)CC1. The number of halogens is 2. The molecule has 4 aromatic rings. The highest BCUT2D eigenvalue weighted by atomic mass is 19.1. The van der Waals surface area contributed by atoms with Crippen LogP contribution in [0.4, 0.5) is 14.6 Å². The van der Waals surface area contributed by atoms with Gasteiger partial charge in [0.15, 0.2) is 17.3 Å². The molecule has 0 bridgehead atoms. The van der Waals surface area contributed by atoms with E-state index < -0.39 is 17.5 Å². The molecule has 0 aliphatic carbocycles. The summed E-state index contributed by atoms with van der Waals surface area (Å²) < 4.78 is 27.0. The van der Waals surface area contributed by atoms with Crippen LogP contribution in [-0.2, 0) is 6.54 Å². The zero-order valence-corrected chi connectivity index (χ0v) is 18.7. The summed E-state index contributed by atoms with van der Waals surface area (Å²) in [4.78, 5) is 23.2. The molecule has 1 amide bonds. The van der Waals surface area contributed by atoms with E-state index in [-0.39, 0.29) is 11.5 Å². The molecule has 7 nitrogen and oxygen atoms in total. The van der Waals surface area contributed by atoms with Gasteiger partial charge in [-0.1, -0.05) is 13.0 Å². The van der Waals surface area contributed by atoms with Crippen molar-refractivity contribution < 1.29 is 13.6 Å². The van der Waals surface area contributed by atoms with E-state index in [1.165, 1.54) is 12.8 Å². The van der Waals surface area contributed by atoms with Crippen molar-refractivity contribution in [3.8, 4) is 11.1 Å². The molecule has 4 heterocycles. The Morgan fingerprint density at radius 2 is 1.94 bits per heavy atom. The van der Waals surface area contributed by atoms with Crippen LogP contribution in [0.15, 0.2) is 48.9 Å². The van der Waals surface area contributed by atoms with E-state index >= 15 is 0 Å². The molecular weight excluding hydrogens is 438 g/mol. The van der Waals surface area contributed by atoms with Crippen LogP contribution < -0.4 is 5.32 Å². The maximum Gasteiger partial charge on any atom is 0.278 e. The van der Waals surface area contributed by atoms with E-state index in [1.54, 1.807) is 6.20 Å². The van der Waals surface area contributed by atoms with Gasteiger partial charge in [-0.3, -0.25) is 19.8 Å². The highest BCUT2D eigenvalue weighted by Crippen LogP contribution is 2.27. The number of rotatable bonds is 5. The van der Waals surface area contributed by atoms with Crippen LogP contribution in [0.3, 0.4) is 0 Å². The third kappa shape index (κ3) is 4.65. The van der Waals surface area contributed by atoms with Gasteiger partial charge in [0.05, 0.1) is 11.7 Å².